The van der Waals surface area contributed by atoms with Crippen LogP contribution < -0.4 is 10.2 Å². The largest absolute Gasteiger partial charge is 0.347 e. The number of amides is 2. The van der Waals surface area contributed by atoms with Crippen LogP contribution in [0.2, 0.25) is 0 Å². The summed E-state index contributed by atoms with van der Waals surface area (Å²) in [4.78, 5) is 31.7. The molecule has 1 aliphatic heterocycles. The summed E-state index contributed by atoms with van der Waals surface area (Å²) in [5, 5.41) is 3.88. The van der Waals surface area contributed by atoms with E-state index >= 15 is 0 Å². The van der Waals surface area contributed by atoms with Gasteiger partial charge < -0.3 is 10.2 Å². The average Bonchev–Trinajstić information content (AvgIpc) is 3.02. The Morgan fingerprint density at radius 3 is 2.50 bits per heavy atom. The Balaban J connectivity index is 1.56. The molecule has 1 N–H and O–H groups in total. The Bertz CT molecular complexity index is 1070. The number of benzene rings is 2. The minimum absolute atomic E-state index is 0.0285. The third kappa shape index (κ3) is 3.48. The van der Waals surface area contributed by atoms with Crippen LogP contribution in [0.5, 0.6) is 0 Å². The fraction of sp³-hybridized carbons (Fsp3) is 0.261. The highest BCUT2D eigenvalue weighted by molar-refractivity contribution is 6.07. The van der Waals surface area contributed by atoms with Crippen LogP contribution in [0, 0.1) is 20.8 Å². The van der Waals surface area contributed by atoms with E-state index in [1.165, 1.54) is 0 Å². The molecule has 2 aromatic carbocycles. The second kappa shape index (κ2) is 7.08. The number of carbonyl (C=O) groups excluding carboxylic acids is 2. The molecule has 0 spiro atoms. The topological polar surface area (TPSA) is 62.3 Å². The normalized spacial score (nSPS) is 16.6. The molecule has 28 heavy (non-hydrogen) atoms. The molecule has 5 heteroatoms. The fourth-order valence-electron chi connectivity index (χ4n) is 3.70. The van der Waals surface area contributed by atoms with Crippen molar-refractivity contribution in [3.8, 4) is 0 Å². The van der Waals surface area contributed by atoms with Crippen molar-refractivity contribution in [2.45, 2.75) is 33.2 Å². The first kappa shape index (κ1) is 18.2. The molecule has 0 unspecified atom stereocenters. The van der Waals surface area contributed by atoms with Crippen LogP contribution in [-0.4, -0.2) is 29.4 Å². The van der Waals surface area contributed by atoms with Crippen LogP contribution >= 0.6 is 0 Å². The minimum Gasteiger partial charge on any atom is -0.347 e. The minimum atomic E-state index is -0.213. The Hall–Kier alpha value is -3.21. The number of fused-ring (bicyclic) bond motifs is 1. The van der Waals surface area contributed by atoms with Gasteiger partial charge in [-0.15, -0.1) is 0 Å². The van der Waals surface area contributed by atoms with Gasteiger partial charge in [0.1, 0.15) is 0 Å². The molecule has 5 nitrogen and oxygen atoms in total. The van der Waals surface area contributed by atoms with E-state index in [2.05, 4.69) is 10.3 Å². The van der Waals surface area contributed by atoms with Gasteiger partial charge >= 0.3 is 0 Å². The molecule has 0 saturated carbocycles. The zero-order valence-electron chi connectivity index (χ0n) is 16.3. The van der Waals surface area contributed by atoms with Crippen molar-refractivity contribution in [1.82, 2.24) is 10.3 Å². The van der Waals surface area contributed by atoms with Gasteiger partial charge in [0.25, 0.3) is 5.91 Å². The fourth-order valence-corrected chi connectivity index (χ4v) is 3.70. The molecular formula is C23H23N3O2. The maximum atomic E-state index is 13.0. The van der Waals surface area contributed by atoms with E-state index in [-0.39, 0.29) is 17.9 Å². The second-order valence-electron chi connectivity index (χ2n) is 7.55. The smallest absolute Gasteiger partial charge is 0.252 e. The van der Waals surface area contributed by atoms with E-state index in [0.29, 0.717) is 18.5 Å². The summed E-state index contributed by atoms with van der Waals surface area (Å²) in [5.74, 6) is -0.134. The molecule has 0 aliphatic carbocycles. The first-order valence-corrected chi connectivity index (χ1v) is 9.46. The van der Waals surface area contributed by atoms with E-state index in [0.717, 1.165) is 33.4 Å². The van der Waals surface area contributed by atoms with Crippen LogP contribution in [0.4, 0.5) is 5.69 Å². The summed E-state index contributed by atoms with van der Waals surface area (Å²) in [6.07, 6.45) is 0.306. The number of hydrogen-bond donors (Lipinski definition) is 1. The van der Waals surface area contributed by atoms with Gasteiger partial charge in [-0.05, 0) is 51.1 Å². The van der Waals surface area contributed by atoms with Gasteiger partial charge in [-0.3, -0.25) is 14.6 Å². The van der Waals surface area contributed by atoms with Gasteiger partial charge in [0.2, 0.25) is 5.91 Å². The molecule has 1 atom stereocenters. The standard InChI is InChI=1S/C23H23N3O2/c1-14-4-7-18(8-5-14)26-13-17(12-22(26)27)25-23(28)20-11-16(3)24-21-9-6-15(2)10-19(20)21/h4-11,17H,12-13H2,1-3H3,(H,25,28)/t17-/m1/s1. The number of aryl methyl sites for hydroxylation is 3. The SMILES string of the molecule is Cc1ccc(N2C[C@H](NC(=O)c3cc(C)nc4ccc(C)cc34)CC2=O)cc1. The Labute approximate surface area is 164 Å². The molecule has 1 fully saturated rings. The van der Waals surface area contributed by atoms with Gasteiger partial charge in [-0.25, -0.2) is 0 Å². The molecule has 1 saturated heterocycles. The van der Waals surface area contributed by atoms with Crippen molar-refractivity contribution >= 4 is 28.4 Å². The van der Waals surface area contributed by atoms with Crippen LogP contribution in [0.25, 0.3) is 10.9 Å². The van der Waals surface area contributed by atoms with Crippen LogP contribution in [-0.2, 0) is 4.79 Å². The van der Waals surface area contributed by atoms with E-state index in [9.17, 15) is 9.59 Å². The lowest BCUT2D eigenvalue weighted by Crippen LogP contribution is -2.37. The monoisotopic (exact) mass is 373 g/mol. The summed E-state index contributed by atoms with van der Waals surface area (Å²) in [5.41, 5.74) is 5.30. The number of nitrogens with zero attached hydrogens (tertiary/aromatic N) is 2. The highest BCUT2D eigenvalue weighted by Crippen LogP contribution is 2.24. The summed E-state index contributed by atoms with van der Waals surface area (Å²) in [7, 11) is 0. The van der Waals surface area contributed by atoms with Crippen LogP contribution in [0.3, 0.4) is 0 Å². The summed E-state index contributed by atoms with van der Waals surface area (Å²) in [6.45, 7) is 6.38. The summed E-state index contributed by atoms with van der Waals surface area (Å²) >= 11 is 0. The third-order valence-electron chi connectivity index (χ3n) is 5.14. The molecule has 0 radical (unpaired) electrons. The van der Waals surface area contributed by atoms with Gasteiger partial charge in [0, 0.05) is 29.7 Å². The molecule has 2 amide bonds. The van der Waals surface area contributed by atoms with Crippen LogP contribution in [0.15, 0.2) is 48.5 Å². The molecule has 0 bridgehead atoms. The molecule has 1 aliphatic rings. The van der Waals surface area contributed by atoms with Crippen molar-refractivity contribution in [3.63, 3.8) is 0 Å². The quantitative estimate of drug-likeness (QED) is 0.761. The number of nitrogens with one attached hydrogen (secondary N) is 1. The number of pyridine rings is 1. The molecule has 2 heterocycles. The lowest BCUT2D eigenvalue weighted by atomic mass is 10.0. The van der Waals surface area contributed by atoms with Crippen molar-refractivity contribution < 1.29 is 9.59 Å². The molecule has 3 aromatic rings. The number of hydrogen-bond acceptors (Lipinski definition) is 3. The summed E-state index contributed by atoms with van der Waals surface area (Å²) < 4.78 is 0. The van der Waals surface area contributed by atoms with Gasteiger partial charge in [0.15, 0.2) is 0 Å². The second-order valence-corrected chi connectivity index (χ2v) is 7.55. The van der Waals surface area contributed by atoms with Crippen molar-refractivity contribution in [1.29, 1.82) is 0 Å². The maximum Gasteiger partial charge on any atom is 0.252 e. The van der Waals surface area contributed by atoms with E-state index in [1.807, 2.05) is 69.3 Å². The molecular weight excluding hydrogens is 350 g/mol. The first-order valence-electron chi connectivity index (χ1n) is 9.46. The number of carbonyl (C=O) groups is 2. The first-order chi connectivity index (χ1) is 13.4. The Morgan fingerprint density at radius 1 is 1.04 bits per heavy atom. The third-order valence-corrected chi connectivity index (χ3v) is 5.14. The van der Waals surface area contributed by atoms with E-state index < -0.39 is 0 Å². The zero-order valence-corrected chi connectivity index (χ0v) is 16.3. The predicted octanol–water partition coefficient (Wildman–Crippen LogP) is 3.70. The number of rotatable bonds is 3. The van der Waals surface area contributed by atoms with Gasteiger partial charge in [-0.2, -0.15) is 0 Å². The highest BCUT2D eigenvalue weighted by atomic mass is 16.2. The number of aromatic nitrogens is 1. The highest BCUT2D eigenvalue weighted by Gasteiger charge is 2.32. The predicted molar refractivity (Wildman–Crippen MR) is 111 cm³/mol. The molecule has 1 aromatic heterocycles. The maximum absolute atomic E-state index is 13.0. The lowest BCUT2D eigenvalue weighted by Gasteiger charge is -2.18. The molecule has 4 rings (SSSR count). The Morgan fingerprint density at radius 2 is 1.75 bits per heavy atom. The van der Waals surface area contributed by atoms with Crippen molar-refractivity contribution in [2.24, 2.45) is 0 Å². The lowest BCUT2D eigenvalue weighted by molar-refractivity contribution is -0.117. The Kier molecular flexibility index (Phi) is 4.59. The van der Waals surface area contributed by atoms with Crippen molar-refractivity contribution in [2.75, 3.05) is 11.4 Å². The van der Waals surface area contributed by atoms with Gasteiger partial charge in [0.05, 0.1) is 17.1 Å². The molecule has 142 valence electrons. The van der Waals surface area contributed by atoms with E-state index in [1.54, 1.807) is 4.90 Å². The van der Waals surface area contributed by atoms with Crippen LogP contribution in [0.1, 0.15) is 33.6 Å². The zero-order chi connectivity index (χ0) is 19.8. The average molecular weight is 373 g/mol. The van der Waals surface area contributed by atoms with Crippen molar-refractivity contribution in [3.05, 3.63) is 70.9 Å². The summed E-state index contributed by atoms with van der Waals surface area (Å²) in [6, 6.07) is 15.4. The van der Waals surface area contributed by atoms with Gasteiger partial charge in [-0.1, -0.05) is 29.3 Å². The van der Waals surface area contributed by atoms with E-state index in [4.69, 9.17) is 0 Å². The number of anilines is 1.